The molecule has 0 bridgehead atoms. The number of carbonyl (C=O) groups excluding carboxylic acids is 1. The van der Waals surface area contributed by atoms with Gasteiger partial charge in [-0.1, -0.05) is 32.1 Å². The topological polar surface area (TPSA) is 68.0 Å². The zero-order valence-corrected chi connectivity index (χ0v) is 11.9. The van der Waals surface area contributed by atoms with Gasteiger partial charge in [0, 0.05) is 18.0 Å². The highest BCUT2D eigenvalue weighted by molar-refractivity contribution is 7.09. The van der Waals surface area contributed by atoms with Crippen molar-refractivity contribution in [2.75, 3.05) is 0 Å². The summed E-state index contributed by atoms with van der Waals surface area (Å²) in [6, 6.07) is 0.388. The maximum Gasteiger partial charge on any atom is 0.270 e. The van der Waals surface area contributed by atoms with Gasteiger partial charge < -0.3 is 11.1 Å². The Balaban J connectivity index is 1.51. The molecule has 1 amide bonds. The third-order valence-corrected chi connectivity index (χ3v) is 5.24. The van der Waals surface area contributed by atoms with Crippen LogP contribution in [0.15, 0.2) is 5.38 Å². The van der Waals surface area contributed by atoms with Gasteiger partial charge in [0.15, 0.2) is 0 Å². The number of aromatic nitrogens is 1. The summed E-state index contributed by atoms with van der Waals surface area (Å²) in [7, 11) is 0. The van der Waals surface area contributed by atoms with Crippen LogP contribution in [0.25, 0.3) is 0 Å². The van der Waals surface area contributed by atoms with Gasteiger partial charge in [-0.15, -0.1) is 11.3 Å². The predicted molar refractivity (Wildman–Crippen MR) is 75.9 cm³/mol. The van der Waals surface area contributed by atoms with E-state index in [0.29, 0.717) is 18.3 Å². The van der Waals surface area contributed by atoms with E-state index in [1.54, 1.807) is 5.38 Å². The monoisotopic (exact) mass is 279 g/mol. The fourth-order valence-corrected chi connectivity index (χ4v) is 3.87. The Kier molecular flexibility index (Phi) is 3.84. The second-order valence-corrected chi connectivity index (χ2v) is 6.65. The van der Waals surface area contributed by atoms with Gasteiger partial charge in [-0.2, -0.15) is 0 Å². The fraction of sp³-hybridized carbons (Fsp3) is 0.714. The molecule has 5 heteroatoms. The lowest BCUT2D eigenvalue weighted by Crippen LogP contribution is -2.28. The molecular formula is C14H21N3OS. The van der Waals surface area contributed by atoms with Crippen LogP contribution >= 0.6 is 11.3 Å². The molecule has 2 aliphatic carbocycles. The van der Waals surface area contributed by atoms with Crippen molar-refractivity contribution in [1.29, 1.82) is 0 Å². The third-order valence-electron chi connectivity index (χ3n) is 4.37. The normalized spacial score (nSPS) is 27.2. The highest BCUT2D eigenvalue weighted by Crippen LogP contribution is 2.44. The quantitative estimate of drug-likeness (QED) is 0.888. The van der Waals surface area contributed by atoms with Crippen LogP contribution in [-0.4, -0.2) is 16.9 Å². The Morgan fingerprint density at radius 3 is 2.89 bits per heavy atom. The molecule has 2 unspecified atom stereocenters. The Morgan fingerprint density at radius 2 is 2.21 bits per heavy atom. The van der Waals surface area contributed by atoms with Crippen LogP contribution in [0.4, 0.5) is 0 Å². The van der Waals surface area contributed by atoms with Gasteiger partial charge in [0.2, 0.25) is 0 Å². The molecule has 2 aliphatic rings. The second-order valence-electron chi connectivity index (χ2n) is 5.71. The van der Waals surface area contributed by atoms with Gasteiger partial charge in [0.1, 0.15) is 10.7 Å². The van der Waals surface area contributed by atoms with E-state index < -0.39 is 0 Å². The molecule has 2 fully saturated rings. The van der Waals surface area contributed by atoms with Crippen LogP contribution < -0.4 is 11.1 Å². The summed E-state index contributed by atoms with van der Waals surface area (Å²) in [6.07, 6.45) is 7.99. The van der Waals surface area contributed by atoms with E-state index in [-0.39, 0.29) is 5.91 Å². The van der Waals surface area contributed by atoms with Gasteiger partial charge in [0.05, 0.1) is 0 Å². The highest BCUT2D eigenvalue weighted by atomic mass is 32.1. The first-order valence-electron chi connectivity index (χ1n) is 7.23. The molecule has 4 nitrogen and oxygen atoms in total. The molecule has 0 aromatic carbocycles. The molecule has 19 heavy (non-hydrogen) atoms. The first-order valence-corrected chi connectivity index (χ1v) is 8.11. The molecule has 0 spiro atoms. The first-order chi connectivity index (χ1) is 9.28. The molecule has 104 valence electrons. The zero-order valence-electron chi connectivity index (χ0n) is 11.1. The van der Waals surface area contributed by atoms with Crippen molar-refractivity contribution in [2.45, 2.75) is 51.1 Å². The third kappa shape index (κ3) is 2.98. The molecule has 1 heterocycles. The minimum atomic E-state index is -0.0285. The molecule has 2 saturated carbocycles. The summed E-state index contributed by atoms with van der Waals surface area (Å²) in [4.78, 5) is 16.3. The molecule has 3 rings (SSSR count). The molecular weight excluding hydrogens is 258 g/mol. The number of thiazole rings is 1. The summed E-state index contributed by atoms with van der Waals surface area (Å²) in [6.45, 7) is 0.409. The fourth-order valence-electron chi connectivity index (χ4n) is 3.22. The van der Waals surface area contributed by atoms with E-state index in [9.17, 15) is 4.79 Å². The predicted octanol–water partition coefficient (Wildman–Crippen LogP) is 2.30. The zero-order chi connectivity index (χ0) is 13.2. The molecule has 0 radical (unpaired) electrons. The van der Waals surface area contributed by atoms with Gasteiger partial charge in [-0.05, 0) is 18.3 Å². The SMILES string of the molecule is NCc1nc(C(=O)NC2CC2C2CCCCC2)cs1. The minimum Gasteiger partial charge on any atom is -0.348 e. The van der Waals surface area contributed by atoms with E-state index in [1.165, 1.54) is 43.4 Å². The van der Waals surface area contributed by atoms with Crippen molar-refractivity contribution in [3.8, 4) is 0 Å². The molecule has 2 atom stereocenters. The van der Waals surface area contributed by atoms with Crippen molar-refractivity contribution in [3.05, 3.63) is 16.1 Å². The van der Waals surface area contributed by atoms with Crippen LogP contribution in [0.2, 0.25) is 0 Å². The molecule has 3 N–H and O–H groups in total. The summed E-state index contributed by atoms with van der Waals surface area (Å²) in [5, 5.41) is 5.74. The maximum atomic E-state index is 12.0. The summed E-state index contributed by atoms with van der Waals surface area (Å²) < 4.78 is 0. The number of nitrogens with two attached hydrogens (primary N) is 1. The van der Waals surface area contributed by atoms with Crippen LogP contribution in [0.1, 0.15) is 54.0 Å². The average Bonchev–Trinajstić information content (AvgIpc) is 3.04. The van der Waals surface area contributed by atoms with Crippen LogP contribution in [0, 0.1) is 11.8 Å². The second kappa shape index (κ2) is 5.59. The van der Waals surface area contributed by atoms with E-state index in [2.05, 4.69) is 10.3 Å². The summed E-state index contributed by atoms with van der Waals surface area (Å²) >= 11 is 1.46. The van der Waals surface area contributed by atoms with E-state index in [4.69, 9.17) is 5.73 Å². The molecule has 1 aromatic heterocycles. The molecule has 1 aromatic rings. The lowest BCUT2D eigenvalue weighted by Gasteiger charge is -2.21. The standard InChI is InChI=1S/C14H21N3OS/c15-7-13-16-12(8-19-13)14(18)17-11-6-10(11)9-4-2-1-3-5-9/h8-11H,1-7,15H2,(H,17,18). The number of carbonyl (C=O) groups is 1. The van der Waals surface area contributed by atoms with E-state index in [0.717, 1.165) is 23.3 Å². The Morgan fingerprint density at radius 1 is 1.42 bits per heavy atom. The molecule has 0 aliphatic heterocycles. The lowest BCUT2D eigenvalue weighted by molar-refractivity contribution is 0.0942. The molecule has 0 saturated heterocycles. The Bertz CT molecular complexity index is 453. The highest BCUT2D eigenvalue weighted by Gasteiger charge is 2.43. The largest absolute Gasteiger partial charge is 0.348 e. The number of hydrogen-bond donors (Lipinski definition) is 2. The van der Waals surface area contributed by atoms with Gasteiger partial charge >= 0.3 is 0 Å². The van der Waals surface area contributed by atoms with Crippen LogP contribution in [-0.2, 0) is 6.54 Å². The van der Waals surface area contributed by atoms with E-state index >= 15 is 0 Å². The van der Waals surface area contributed by atoms with Crippen LogP contribution in [0.3, 0.4) is 0 Å². The average molecular weight is 279 g/mol. The van der Waals surface area contributed by atoms with Crippen molar-refractivity contribution >= 4 is 17.2 Å². The smallest absolute Gasteiger partial charge is 0.270 e. The van der Waals surface area contributed by atoms with Crippen molar-refractivity contribution in [2.24, 2.45) is 17.6 Å². The van der Waals surface area contributed by atoms with E-state index in [1.807, 2.05) is 0 Å². The van der Waals surface area contributed by atoms with Gasteiger partial charge in [-0.25, -0.2) is 4.98 Å². The number of amides is 1. The number of hydrogen-bond acceptors (Lipinski definition) is 4. The van der Waals surface area contributed by atoms with Crippen molar-refractivity contribution in [3.63, 3.8) is 0 Å². The lowest BCUT2D eigenvalue weighted by atomic mass is 9.85. The summed E-state index contributed by atoms with van der Waals surface area (Å²) in [5.74, 6) is 1.53. The van der Waals surface area contributed by atoms with Gasteiger partial charge in [-0.3, -0.25) is 4.79 Å². The van der Waals surface area contributed by atoms with Crippen molar-refractivity contribution in [1.82, 2.24) is 10.3 Å². The Hall–Kier alpha value is -0.940. The minimum absolute atomic E-state index is 0.0285. The van der Waals surface area contributed by atoms with Crippen LogP contribution in [0.5, 0.6) is 0 Å². The van der Waals surface area contributed by atoms with Crippen molar-refractivity contribution < 1.29 is 4.79 Å². The number of rotatable bonds is 4. The first kappa shape index (κ1) is 13.1. The maximum absolute atomic E-state index is 12.0. The Labute approximate surface area is 117 Å². The summed E-state index contributed by atoms with van der Waals surface area (Å²) in [5.41, 5.74) is 6.04. The number of nitrogens with zero attached hydrogens (tertiary/aromatic N) is 1. The van der Waals surface area contributed by atoms with Gasteiger partial charge in [0.25, 0.3) is 5.91 Å². The number of nitrogens with one attached hydrogen (secondary N) is 1.